The van der Waals surface area contributed by atoms with Crippen LogP contribution < -0.4 is 0 Å². The molecule has 1 aliphatic heterocycles. The molecule has 1 aliphatic rings. The summed E-state index contributed by atoms with van der Waals surface area (Å²) in [5.74, 6) is 0. The highest BCUT2D eigenvalue weighted by Crippen LogP contribution is 2.34. The van der Waals surface area contributed by atoms with Crippen molar-refractivity contribution in [3.8, 4) is 0 Å². The van der Waals surface area contributed by atoms with Crippen molar-refractivity contribution in [1.29, 1.82) is 0 Å². The normalized spacial score (nSPS) is 43.9. The molecular formula is C8H16O3. The average Bonchev–Trinajstić information content (AvgIpc) is 1.81. The van der Waals surface area contributed by atoms with Gasteiger partial charge in [-0.2, -0.15) is 0 Å². The summed E-state index contributed by atoms with van der Waals surface area (Å²) in [4.78, 5) is 0. The zero-order valence-electron chi connectivity index (χ0n) is 7.24. The monoisotopic (exact) mass is 160 g/mol. The van der Waals surface area contributed by atoms with E-state index in [0.29, 0.717) is 6.42 Å². The first-order chi connectivity index (χ1) is 4.93. The van der Waals surface area contributed by atoms with E-state index in [1.54, 1.807) is 6.92 Å². The van der Waals surface area contributed by atoms with Gasteiger partial charge < -0.3 is 14.9 Å². The maximum absolute atomic E-state index is 9.59. The smallest absolute Gasteiger partial charge is 0.155 e. The molecule has 0 aromatic carbocycles. The van der Waals surface area contributed by atoms with Gasteiger partial charge in [0.15, 0.2) is 6.29 Å². The van der Waals surface area contributed by atoms with E-state index in [1.807, 2.05) is 13.8 Å². The molecule has 1 rings (SSSR count). The molecule has 1 fully saturated rings. The Balaban J connectivity index is 2.67. The molecule has 1 saturated heterocycles. The molecule has 1 heterocycles. The lowest BCUT2D eigenvalue weighted by atomic mass is 9.79. The third-order valence-corrected chi connectivity index (χ3v) is 2.32. The SMILES string of the molecule is C[C@@H]1O[C@@H](O)CC(C)(C)[C@H]1O. The van der Waals surface area contributed by atoms with Gasteiger partial charge in [0, 0.05) is 6.42 Å². The van der Waals surface area contributed by atoms with Crippen LogP contribution in [0, 0.1) is 5.41 Å². The first-order valence-corrected chi connectivity index (χ1v) is 3.95. The predicted octanol–water partition coefficient (Wildman–Crippen LogP) is 0.501. The summed E-state index contributed by atoms with van der Waals surface area (Å²) in [5, 5.41) is 18.8. The Morgan fingerprint density at radius 2 is 1.91 bits per heavy atom. The topological polar surface area (TPSA) is 49.7 Å². The maximum Gasteiger partial charge on any atom is 0.155 e. The van der Waals surface area contributed by atoms with Crippen LogP contribution in [0.4, 0.5) is 0 Å². The summed E-state index contributed by atoms with van der Waals surface area (Å²) in [7, 11) is 0. The second-order valence-corrected chi connectivity index (χ2v) is 3.93. The lowest BCUT2D eigenvalue weighted by Crippen LogP contribution is -2.48. The van der Waals surface area contributed by atoms with Crippen LogP contribution in [-0.2, 0) is 4.74 Å². The van der Waals surface area contributed by atoms with Gasteiger partial charge in [-0.05, 0) is 12.3 Å². The van der Waals surface area contributed by atoms with Gasteiger partial charge in [-0.15, -0.1) is 0 Å². The fourth-order valence-corrected chi connectivity index (χ4v) is 1.58. The molecule has 0 aliphatic carbocycles. The Kier molecular flexibility index (Phi) is 2.23. The second kappa shape index (κ2) is 2.73. The molecule has 2 N–H and O–H groups in total. The van der Waals surface area contributed by atoms with Crippen molar-refractivity contribution >= 4 is 0 Å². The van der Waals surface area contributed by atoms with Crippen molar-refractivity contribution in [1.82, 2.24) is 0 Å². The molecule has 3 atom stereocenters. The van der Waals surface area contributed by atoms with Crippen molar-refractivity contribution < 1.29 is 14.9 Å². The zero-order chi connectivity index (χ0) is 8.65. The number of ether oxygens (including phenoxy) is 1. The Morgan fingerprint density at radius 3 is 2.36 bits per heavy atom. The van der Waals surface area contributed by atoms with Crippen molar-refractivity contribution in [2.24, 2.45) is 5.41 Å². The van der Waals surface area contributed by atoms with Gasteiger partial charge in [0.2, 0.25) is 0 Å². The van der Waals surface area contributed by atoms with Gasteiger partial charge in [0.1, 0.15) is 0 Å². The highest BCUT2D eigenvalue weighted by Gasteiger charge is 2.40. The number of hydrogen-bond acceptors (Lipinski definition) is 3. The summed E-state index contributed by atoms with van der Waals surface area (Å²) in [6, 6.07) is 0. The van der Waals surface area contributed by atoms with Crippen LogP contribution in [0.3, 0.4) is 0 Å². The standard InChI is InChI=1S/C8H16O3/c1-5-7(10)8(2,3)4-6(9)11-5/h5-7,9-10H,4H2,1-3H3/t5-,6+,7-/m0/s1. The zero-order valence-corrected chi connectivity index (χ0v) is 7.24. The van der Waals surface area contributed by atoms with E-state index in [-0.39, 0.29) is 11.5 Å². The van der Waals surface area contributed by atoms with Gasteiger partial charge in [-0.1, -0.05) is 13.8 Å². The first-order valence-electron chi connectivity index (χ1n) is 3.95. The minimum atomic E-state index is -0.719. The molecule has 0 amide bonds. The van der Waals surface area contributed by atoms with Gasteiger partial charge in [0.05, 0.1) is 12.2 Å². The van der Waals surface area contributed by atoms with E-state index >= 15 is 0 Å². The molecule has 0 saturated carbocycles. The van der Waals surface area contributed by atoms with Gasteiger partial charge >= 0.3 is 0 Å². The van der Waals surface area contributed by atoms with E-state index in [0.717, 1.165) is 0 Å². The van der Waals surface area contributed by atoms with Crippen molar-refractivity contribution in [2.45, 2.75) is 45.7 Å². The van der Waals surface area contributed by atoms with Crippen LogP contribution >= 0.6 is 0 Å². The Labute approximate surface area is 67.0 Å². The molecule has 0 aromatic rings. The number of rotatable bonds is 0. The predicted molar refractivity (Wildman–Crippen MR) is 41.0 cm³/mol. The summed E-state index contributed by atoms with van der Waals surface area (Å²) < 4.78 is 5.04. The molecule has 0 radical (unpaired) electrons. The molecular weight excluding hydrogens is 144 g/mol. The van der Waals surface area contributed by atoms with E-state index < -0.39 is 12.4 Å². The summed E-state index contributed by atoms with van der Waals surface area (Å²) in [6.45, 7) is 5.63. The van der Waals surface area contributed by atoms with Crippen LogP contribution in [0.2, 0.25) is 0 Å². The second-order valence-electron chi connectivity index (χ2n) is 3.93. The van der Waals surface area contributed by atoms with Crippen LogP contribution in [0.15, 0.2) is 0 Å². The number of aliphatic hydroxyl groups excluding tert-OH is 2. The van der Waals surface area contributed by atoms with Gasteiger partial charge in [-0.25, -0.2) is 0 Å². The minimum Gasteiger partial charge on any atom is -0.390 e. The lowest BCUT2D eigenvalue weighted by Gasteiger charge is -2.41. The fourth-order valence-electron chi connectivity index (χ4n) is 1.58. The molecule has 0 unspecified atom stereocenters. The van der Waals surface area contributed by atoms with Crippen molar-refractivity contribution in [3.63, 3.8) is 0 Å². The average molecular weight is 160 g/mol. The highest BCUT2D eigenvalue weighted by atomic mass is 16.6. The van der Waals surface area contributed by atoms with Gasteiger partial charge in [-0.3, -0.25) is 0 Å². The minimum absolute atomic E-state index is 0.239. The van der Waals surface area contributed by atoms with E-state index in [1.165, 1.54) is 0 Å². The van der Waals surface area contributed by atoms with Crippen molar-refractivity contribution in [2.75, 3.05) is 0 Å². The van der Waals surface area contributed by atoms with Crippen LogP contribution in [-0.4, -0.2) is 28.7 Å². The molecule has 11 heavy (non-hydrogen) atoms. The van der Waals surface area contributed by atoms with E-state index in [9.17, 15) is 10.2 Å². The summed E-state index contributed by atoms with van der Waals surface area (Å²) in [6.07, 6.45) is -0.971. The van der Waals surface area contributed by atoms with E-state index in [2.05, 4.69) is 0 Å². The maximum atomic E-state index is 9.59. The number of aliphatic hydroxyl groups is 2. The Morgan fingerprint density at radius 1 is 1.36 bits per heavy atom. The molecule has 66 valence electrons. The Bertz CT molecular complexity index is 144. The first kappa shape index (κ1) is 8.97. The quantitative estimate of drug-likeness (QED) is 0.542. The largest absolute Gasteiger partial charge is 0.390 e. The van der Waals surface area contributed by atoms with Crippen LogP contribution in [0.25, 0.3) is 0 Å². The van der Waals surface area contributed by atoms with Crippen LogP contribution in [0.1, 0.15) is 27.2 Å². The molecule has 0 bridgehead atoms. The highest BCUT2D eigenvalue weighted by molar-refractivity contribution is 4.86. The summed E-state index contributed by atoms with van der Waals surface area (Å²) >= 11 is 0. The number of hydrogen-bond donors (Lipinski definition) is 2. The van der Waals surface area contributed by atoms with Gasteiger partial charge in [0.25, 0.3) is 0 Å². The van der Waals surface area contributed by atoms with Crippen molar-refractivity contribution in [3.05, 3.63) is 0 Å². The summed E-state index contributed by atoms with van der Waals surface area (Å²) in [5.41, 5.74) is -0.239. The molecule has 0 aromatic heterocycles. The third-order valence-electron chi connectivity index (χ3n) is 2.32. The van der Waals surface area contributed by atoms with E-state index in [4.69, 9.17) is 4.74 Å². The third kappa shape index (κ3) is 1.72. The molecule has 0 spiro atoms. The fraction of sp³-hybridized carbons (Fsp3) is 1.00. The van der Waals surface area contributed by atoms with Crippen LogP contribution in [0.5, 0.6) is 0 Å². The molecule has 3 nitrogen and oxygen atoms in total. The molecule has 3 heteroatoms. The lowest BCUT2D eigenvalue weighted by molar-refractivity contribution is -0.232. The Hall–Kier alpha value is -0.120.